The highest BCUT2D eigenvalue weighted by atomic mass is 16.5. The molecule has 6 nitrogen and oxygen atoms in total. The molecule has 0 aliphatic carbocycles. The summed E-state index contributed by atoms with van der Waals surface area (Å²) in [6, 6.07) is 0. The standard InChI is InChI=1S/C12H23N5O/c1-5-18-7-6-17(4)12-10(9(2)3)11(16-13)14-8-15-12/h8-9H,5-7,13H2,1-4H3,(H,14,15,16). The highest BCUT2D eigenvalue weighted by Gasteiger charge is 2.17. The fourth-order valence-electron chi connectivity index (χ4n) is 1.79. The zero-order valence-electron chi connectivity index (χ0n) is 11.6. The van der Waals surface area contributed by atoms with E-state index < -0.39 is 0 Å². The van der Waals surface area contributed by atoms with Crippen LogP contribution in [-0.4, -0.2) is 36.8 Å². The van der Waals surface area contributed by atoms with Crippen molar-refractivity contribution < 1.29 is 4.74 Å². The Morgan fingerprint density at radius 2 is 2.17 bits per heavy atom. The summed E-state index contributed by atoms with van der Waals surface area (Å²) in [7, 11) is 1.99. The van der Waals surface area contributed by atoms with E-state index in [1.54, 1.807) is 0 Å². The van der Waals surface area contributed by atoms with Gasteiger partial charge in [-0.2, -0.15) is 0 Å². The first-order valence-corrected chi connectivity index (χ1v) is 6.22. The highest BCUT2D eigenvalue weighted by molar-refractivity contribution is 5.59. The Labute approximate surface area is 109 Å². The van der Waals surface area contributed by atoms with Crippen molar-refractivity contribution in [2.75, 3.05) is 37.1 Å². The third-order valence-electron chi connectivity index (χ3n) is 2.71. The molecule has 0 saturated carbocycles. The first-order chi connectivity index (χ1) is 8.61. The lowest BCUT2D eigenvalue weighted by Crippen LogP contribution is -2.26. The van der Waals surface area contributed by atoms with Crippen LogP contribution in [0, 0.1) is 0 Å². The number of nitrogens with one attached hydrogen (secondary N) is 1. The zero-order chi connectivity index (χ0) is 13.5. The molecule has 1 aromatic rings. The van der Waals surface area contributed by atoms with Crippen LogP contribution in [0.3, 0.4) is 0 Å². The van der Waals surface area contributed by atoms with Gasteiger partial charge in [-0.3, -0.25) is 0 Å². The number of likely N-dealkylation sites (N-methyl/N-ethyl adjacent to an activating group) is 1. The molecule has 0 saturated heterocycles. The monoisotopic (exact) mass is 253 g/mol. The van der Waals surface area contributed by atoms with E-state index in [0.29, 0.717) is 18.3 Å². The summed E-state index contributed by atoms with van der Waals surface area (Å²) >= 11 is 0. The largest absolute Gasteiger partial charge is 0.380 e. The molecule has 102 valence electrons. The third kappa shape index (κ3) is 3.54. The summed E-state index contributed by atoms with van der Waals surface area (Å²) in [5.74, 6) is 7.36. The Kier molecular flexibility index (Phi) is 5.80. The lowest BCUT2D eigenvalue weighted by molar-refractivity contribution is 0.154. The predicted octanol–water partition coefficient (Wildman–Crippen LogP) is 1.36. The number of hydrogen-bond donors (Lipinski definition) is 2. The number of nitrogens with two attached hydrogens (primary N) is 1. The van der Waals surface area contributed by atoms with E-state index in [2.05, 4.69) is 34.1 Å². The van der Waals surface area contributed by atoms with Gasteiger partial charge < -0.3 is 15.1 Å². The minimum Gasteiger partial charge on any atom is -0.380 e. The maximum absolute atomic E-state index is 5.50. The third-order valence-corrected chi connectivity index (χ3v) is 2.71. The van der Waals surface area contributed by atoms with Crippen molar-refractivity contribution >= 4 is 11.6 Å². The maximum atomic E-state index is 5.50. The van der Waals surface area contributed by atoms with Crippen LogP contribution in [0.5, 0.6) is 0 Å². The highest BCUT2D eigenvalue weighted by Crippen LogP contribution is 2.29. The number of nitrogen functional groups attached to an aromatic ring is 1. The van der Waals surface area contributed by atoms with Gasteiger partial charge in [0.05, 0.1) is 6.61 Å². The molecule has 6 heteroatoms. The number of rotatable bonds is 7. The van der Waals surface area contributed by atoms with Crippen LogP contribution in [-0.2, 0) is 4.74 Å². The van der Waals surface area contributed by atoms with Gasteiger partial charge in [0.25, 0.3) is 0 Å². The summed E-state index contributed by atoms with van der Waals surface area (Å²) in [6.07, 6.45) is 1.52. The second kappa shape index (κ2) is 7.13. The Morgan fingerprint density at radius 1 is 1.44 bits per heavy atom. The molecule has 0 bridgehead atoms. The molecule has 0 amide bonds. The molecular formula is C12H23N5O. The van der Waals surface area contributed by atoms with Crippen LogP contribution in [0.1, 0.15) is 32.3 Å². The SMILES string of the molecule is CCOCCN(C)c1ncnc(NN)c1C(C)C. The van der Waals surface area contributed by atoms with Crippen molar-refractivity contribution in [3.8, 4) is 0 Å². The molecule has 0 aromatic carbocycles. The minimum absolute atomic E-state index is 0.293. The molecular weight excluding hydrogens is 230 g/mol. The van der Waals surface area contributed by atoms with Crippen LogP contribution in [0.25, 0.3) is 0 Å². The van der Waals surface area contributed by atoms with Gasteiger partial charge in [-0.25, -0.2) is 15.8 Å². The average Bonchev–Trinajstić information content (AvgIpc) is 2.37. The summed E-state index contributed by atoms with van der Waals surface area (Å²) in [5, 5.41) is 0. The van der Waals surface area contributed by atoms with Crippen LogP contribution in [0.2, 0.25) is 0 Å². The smallest absolute Gasteiger partial charge is 0.148 e. The Morgan fingerprint density at radius 3 is 2.72 bits per heavy atom. The lowest BCUT2D eigenvalue weighted by Gasteiger charge is -2.23. The summed E-state index contributed by atoms with van der Waals surface area (Å²) in [5.41, 5.74) is 3.66. The molecule has 0 fully saturated rings. The summed E-state index contributed by atoms with van der Waals surface area (Å²) in [4.78, 5) is 10.6. The van der Waals surface area contributed by atoms with Crippen molar-refractivity contribution in [2.45, 2.75) is 26.7 Å². The van der Waals surface area contributed by atoms with Crippen molar-refractivity contribution in [2.24, 2.45) is 5.84 Å². The van der Waals surface area contributed by atoms with Crippen LogP contribution < -0.4 is 16.2 Å². The molecule has 0 aliphatic rings. The Hall–Kier alpha value is -1.40. The van der Waals surface area contributed by atoms with E-state index in [1.807, 2.05) is 14.0 Å². The molecule has 0 aliphatic heterocycles. The molecule has 3 N–H and O–H groups in total. The fraction of sp³-hybridized carbons (Fsp3) is 0.667. The van der Waals surface area contributed by atoms with Crippen LogP contribution in [0.15, 0.2) is 6.33 Å². The van der Waals surface area contributed by atoms with Gasteiger partial charge in [-0.1, -0.05) is 13.8 Å². The molecule has 0 unspecified atom stereocenters. The quantitative estimate of drug-likeness (QED) is 0.434. The Bertz CT molecular complexity index is 369. The molecule has 0 atom stereocenters. The lowest BCUT2D eigenvalue weighted by atomic mass is 10.0. The van der Waals surface area contributed by atoms with Crippen molar-refractivity contribution in [3.05, 3.63) is 11.9 Å². The first kappa shape index (κ1) is 14.7. The average molecular weight is 253 g/mol. The van der Waals surface area contributed by atoms with Gasteiger partial charge in [-0.05, 0) is 12.8 Å². The van der Waals surface area contributed by atoms with Crippen molar-refractivity contribution in [3.63, 3.8) is 0 Å². The zero-order valence-corrected chi connectivity index (χ0v) is 11.6. The number of hydrazine groups is 1. The van der Waals surface area contributed by atoms with Gasteiger partial charge in [0.1, 0.15) is 18.0 Å². The number of hydrogen-bond acceptors (Lipinski definition) is 6. The molecule has 18 heavy (non-hydrogen) atoms. The predicted molar refractivity (Wildman–Crippen MR) is 73.7 cm³/mol. The fourth-order valence-corrected chi connectivity index (χ4v) is 1.79. The van der Waals surface area contributed by atoms with E-state index in [4.69, 9.17) is 10.6 Å². The van der Waals surface area contributed by atoms with E-state index in [9.17, 15) is 0 Å². The molecule has 1 rings (SSSR count). The van der Waals surface area contributed by atoms with E-state index >= 15 is 0 Å². The van der Waals surface area contributed by atoms with Crippen molar-refractivity contribution in [1.29, 1.82) is 0 Å². The van der Waals surface area contributed by atoms with E-state index in [1.165, 1.54) is 6.33 Å². The Balaban J connectivity index is 2.92. The molecule has 1 heterocycles. The van der Waals surface area contributed by atoms with Gasteiger partial charge in [0, 0.05) is 25.8 Å². The number of ether oxygens (including phenoxy) is 1. The number of anilines is 2. The van der Waals surface area contributed by atoms with Crippen LogP contribution >= 0.6 is 0 Å². The second-order valence-electron chi connectivity index (χ2n) is 4.38. The summed E-state index contributed by atoms with van der Waals surface area (Å²) in [6.45, 7) is 8.37. The molecule has 1 aromatic heterocycles. The van der Waals surface area contributed by atoms with Gasteiger partial charge in [-0.15, -0.1) is 0 Å². The van der Waals surface area contributed by atoms with E-state index in [-0.39, 0.29) is 0 Å². The topological polar surface area (TPSA) is 76.3 Å². The normalized spacial score (nSPS) is 10.8. The maximum Gasteiger partial charge on any atom is 0.148 e. The summed E-state index contributed by atoms with van der Waals surface area (Å²) < 4.78 is 5.36. The van der Waals surface area contributed by atoms with Gasteiger partial charge in [0.15, 0.2) is 0 Å². The molecule has 0 spiro atoms. The molecule has 0 radical (unpaired) electrons. The van der Waals surface area contributed by atoms with Crippen molar-refractivity contribution in [1.82, 2.24) is 9.97 Å². The number of aromatic nitrogens is 2. The van der Waals surface area contributed by atoms with Crippen LogP contribution in [0.4, 0.5) is 11.6 Å². The number of nitrogens with zero attached hydrogens (tertiary/aromatic N) is 3. The first-order valence-electron chi connectivity index (χ1n) is 6.22. The minimum atomic E-state index is 0.293. The van der Waals surface area contributed by atoms with Gasteiger partial charge >= 0.3 is 0 Å². The van der Waals surface area contributed by atoms with E-state index in [0.717, 1.165) is 24.5 Å². The van der Waals surface area contributed by atoms with Gasteiger partial charge in [0.2, 0.25) is 0 Å². The second-order valence-corrected chi connectivity index (χ2v) is 4.38.